The number of hydrogen-bond acceptors (Lipinski definition) is 8. The second-order valence-corrected chi connectivity index (χ2v) is 7.36. The van der Waals surface area contributed by atoms with Gasteiger partial charge in [-0.3, -0.25) is 4.79 Å². The van der Waals surface area contributed by atoms with E-state index in [2.05, 4.69) is 14.7 Å². The van der Waals surface area contributed by atoms with E-state index in [1.165, 1.54) is 35.1 Å². The lowest BCUT2D eigenvalue weighted by molar-refractivity contribution is -0.115. The number of nitrogens with one attached hydrogen (secondary N) is 1. The van der Waals surface area contributed by atoms with E-state index in [0.29, 0.717) is 30.0 Å². The maximum Gasteiger partial charge on any atom is 0.338 e. The smallest absolute Gasteiger partial charge is 0.338 e. The SMILES string of the molecule is CCOC(=O)c1ccc(NC(=O)CCSc2nc(SC)ns2)cc1. The summed E-state index contributed by atoms with van der Waals surface area (Å²) >= 11 is 4.36. The van der Waals surface area contributed by atoms with Gasteiger partial charge < -0.3 is 10.1 Å². The van der Waals surface area contributed by atoms with Crippen molar-refractivity contribution in [3.63, 3.8) is 0 Å². The Morgan fingerprint density at radius 1 is 1.29 bits per heavy atom. The minimum absolute atomic E-state index is 0.0824. The van der Waals surface area contributed by atoms with Crippen molar-refractivity contribution >= 4 is 52.6 Å². The molecule has 0 aliphatic rings. The van der Waals surface area contributed by atoms with Crippen molar-refractivity contribution in [3.8, 4) is 0 Å². The van der Waals surface area contributed by atoms with Crippen molar-refractivity contribution in [3.05, 3.63) is 29.8 Å². The van der Waals surface area contributed by atoms with E-state index in [4.69, 9.17) is 4.74 Å². The zero-order valence-electron chi connectivity index (χ0n) is 13.3. The third-order valence-corrected chi connectivity index (χ3v) is 5.30. The first-order valence-electron chi connectivity index (χ1n) is 7.20. The second-order valence-electron chi connectivity index (χ2n) is 4.49. The molecule has 9 heteroatoms. The lowest BCUT2D eigenvalue weighted by Gasteiger charge is -2.06. The number of nitrogens with zero attached hydrogens (tertiary/aromatic N) is 2. The van der Waals surface area contributed by atoms with E-state index in [0.717, 1.165) is 9.50 Å². The fraction of sp³-hybridized carbons (Fsp3) is 0.333. The molecule has 0 saturated heterocycles. The highest BCUT2D eigenvalue weighted by Gasteiger charge is 2.08. The van der Waals surface area contributed by atoms with Crippen LogP contribution in [0.25, 0.3) is 0 Å². The minimum atomic E-state index is -0.367. The van der Waals surface area contributed by atoms with Crippen LogP contribution in [-0.4, -0.2) is 39.8 Å². The lowest BCUT2D eigenvalue weighted by Crippen LogP contribution is -2.12. The molecule has 0 radical (unpaired) electrons. The van der Waals surface area contributed by atoms with Gasteiger partial charge in [-0.2, -0.15) is 4.37 Å². The average Bonchev–Trinajstić information content (AvgIpc) is 3.04. The van der Waals surface area contributed by atoms with Crippen molar-refractivity contribution in [1.29, 1.82) is 0 Å². The van der Waals surface area contributed by atoms with Gasteiger partial charge in [-0.1, -0.05) is 23.5 Å². The molecule has 0 fully saturated rings. The normalized spacial score (nSPS) is 10.4. The summed E-state index contributed by atoms with van der Waals surface area (Å²) in [6, 6.07) is 6.64. The number of amides is 1. The molecule has 0 unspecified atom stereocenters. The number of carbonyl (C=O) groups excluding carboxylic acids is 2. The molecule has 24 heavy (non-hydrogen) atoms. The van der Waals surface area contributed by atoms with Crippen LogP contribution in [0.15, 0.2) is 33.8 Å². The van der Waals surface area contributed by atoms with Crippen LogP contribution in [0.4, 0.5) is 5.69 Å². The predicted octanol–water partition coefficient (Wildman–Crippen LogP) is 3.56. The Labute approximate surface area is 152 Å². The quantitative estimate of drug-likeness (QED) is 0.551. The van der Waals surface area contributed by atoms with Gasteiger partial charge in [0, 0.05) is 17.9 Å². The lowest BCUT2D eigenvalue weighted by atomic mass is 10.2. The summed E-state index contributed by atoms with van der Waals surface area (Å²) in [5.41, 5.74) is 1.12. The third kappa shape index (κ3) is 5.81. The Balaban J connectivity index is 1.76. The molecule has 0 aliphatic heterocycles. The van der Waals surface area contributed by atoms with Gasteiger partial charge in [0.25, 0.3) is 0 Å². The van der Waals surface area contributed by atoms with E-state index >= 15 is 0 Å². The maximum atomic E-state index is 11.9. The molecular weight excluding hydrogens is 366 g/mol. The molecule has 0 spiro atoms. The molecule has 2 aromatic rings. The average molecular weight is 384 g/mol. The monoisotopic (exact) mass is 383 g/mol. The number of aromatic nitrogens is 2. The molecule has 1 aromatic heterocycles. The van der Waals surface area contributed by atoms with Gasteiger partial charge >= 0.3 is 5.97 Å². The number of anilines is 1. The summed E-state index contributed by atoms with van der Waals surface area (Å²) < 4.78 is 9.95. The molecule has 0 atom stereocenters. The minimum Gasteiger partial charge on any atom is -0.462 e. The third-order valence-electron chi connectivity index (χ3n) is 2.81. The fourth-order valence-corrected chi connectivity index (χ4v) is 3.92. The fourth-order valence-electron chi connectivity index (χ4n) is 1.70. The summed E-state index contributed by atoms with van der Waals surface area (Å²) in [7, 11) is 0. The van der Waals surface area contributed by atoms with Crippen LogP contribution in [-0.2, 0) is 9.53 Å². The van der Waals surface area contributed by atoms with Crippen LogP contribution >= 0.6 is 35.1 Å². The number of hydrogen-bond donors (Lipinski definition) is 1. The van der Waals surface area contributed by atoms with Gasteiger partial charge in [0.1, 0.15) is 0 Å². The zero-order valence-corrected chi connectivity index (χ0v) is 15.7. The molecule has 128 valence electrons. The highest BCUT2D eigenvalue weighted by molar-refractivity contribution is 8.01. The van der Waals surface area contributed by atoms with Gasteiger partial charge in [-0.05, 0) is 49.0 Å². The number of thioether (sulfide) groups is 2. The van der Waals surface area contributed by atoms with E-state index in [1.54, 1.807) is 31.2 Å². The Hall–Kier alpha value is -1.58. The van der Waals surface area contributed by atoms with Crippen molar-refractivity contribution in [2.75, 3.05) is 23.9 Å². The standard InChI is InChI=1S/C15H17N3O3S3/c1-3-21-13(20)10-4-6-11(7-5-10)16-12(19)8-9-23-15-17-14(22-2)18-24-15/h4-7H,3,8-9H2,1-2H3,(H,16,19). The van der Waals surface area contributed by atoms with Crippen LogP contribution in [0.1, 0.15) is 23.7 Å². The summed E-state index contributed by atoms with van der Waals surface area (Å²) in [6.45, 7) is 2.09. The van der Waals surface area contributed by atoms with E-state index in [9.17, 15) is 9.59 Å². The molecule has 6 nitrogen and oxygen atoms in total. The highest BCUT2D eigenvalue weighted by atomic mass is 32.2. The van der Waals surface area contributed by atoms with Crippen molar-refractivity contribution in [2.45, 2.75) is 22.8 Å². The van der Waals surface area contributed by atoms with Gasteiger partial charge in [0.05, 0.1) is 12.2 Å². The summed E-state index contributed by atoms with van der Waals surface area (Å²) in [5.74, 6) is 0.185. The molecular formula is C15H17N3O3S3. The number of benzene rings is 1. The first-order valence-corrected chi connectivity index (χ1v) is 10.2. The number of carbonyl (C=O) groups is 2. The Kier molecular flexibility index (Phi) is 7.54. The van der Waals surface area contributed by atoms with Crippen molar-refractivity contribution in [2.24, 2.45) is 0 Å². The maximum absolute atomic E-state index is 11.9. The Bertz CT molecular complexity index is 689. The molecule has 0 bridgehead atoms. The summed E-state index contributed by atoms with van der Waals surface area (Å²) in [6.07, 6.45) is 2.30. The largest absolute Gasteiger partial charge is 0.462 e. The van der Waals surface area contributed by atoms with Gasteiger partial charge in [-0.25, -0.2) is 9.78 Å². The topological polar surface area (TPSA) is 81.2 Å². The predicted molar refractivity (Wildman–Crippen MR) is 98.1 cm³/mol. The molecule has 1 aromatic carbocycles. The molecule has 1 heterocycles. The molecule has 0 saturated carbocycles. The van der Waals surface area contributed by atoms with E-state index < -0.39 is 0 Å². The van der Waals surface area contributed by atoms with Crippen molar-refractivity contribution in [1.82, 2.24) is 9.36 Å². The number of esters is 1. The van der Waals surface area contributed by atoms with Crippen LogP contribution in [0.2, 0.25) is 0 Å². The van der Waals surface area contributed by atoms with Crippen LogP contribution < -0.4 is 5.32 Å². The molecule has 2 rings (SSSR count). The van der Waals surface area contributed by atoms with E-state index in [-0.39, 0.29) is 11.9 Å². The van der Waals surface area contributed by atoms with Gasteiger partial charge in [0.2, 0.25) is 11.1 Å². The molecule has 1 amide bonds. The summed E-state index contributed by atoms with van der Waals surface area (Å²) in [5, 5.41) is 3.56. The first kappa shape index (κ1) is 18.8. The Morgan fingerprint density at radius 2 is 2.04 bits per heavy atom. The van der Waals surface area contributed by atoms with Gasteiger partial charge in [0.15, 0.2) is 4.34 Å². The summed E-state index contributed by atoms with van der Waals surface area (Å²) in [4.78, 5) is 27.8. The molecule has 0 aliphatic carbocycles. The van der Waals surface area contributed by atoms with E-state index in [1.807, 2.05) is 6.26 Å². The highest BCUT2D eigenvalue weighted by Crippen LogP contribution is 2.24. The number of ether oxygens (including phenoxy) is 1. The zero-order chi connectivity index (χ0) is 17.4. The first-order chi connectivity index (χ1) is 11.6. The van der Waals surface area contributed by atoms with Crippen molar-refractivity contribution < 1.29 is 14.3 Å². The van der Waals surface area contributed by atoms with Crippen LogP contribution in [0.3, 0.4) is 0 Å². The molecule has 1 N–H and O–H groups in total. The second kappa shape index (κ2) is 9.65. The van der Waals surface area contributed by atoms with Crippen LogP contribution in [0.5, 0.6) is 0 Å². The number of rotatable bonds is 8. The van der Waals surface area contributed by atoms with Crippen LogP contribution in [0, 0.1) is 0 Å². The Morgan fingerprint density at radius 3 is 2.67 bits per heavy atom. The van der Waals surface area contributed by atoms with Gasteiger partial charge in [-0.15, -0.1) is 0 Å².